The summed E-state index contributed by atoms with van der Waals surface area (Å²) in [4.78, 5) is 0. The highest BCUT2D eigenvalue weighted by Gasteiger charge is 2.13. The van der Waals surface area contributed by atoms with Crippen LogP contribution in [0.15, 0.2) is 48.1 Å². The SMILES string of the molecule is C=CC(C)(O)CCC=C(C)CCC=C(C)CC=CC(C)(C)O. The van der Waals surface area contributed by atoms with Crippen LogP contribution in [0.2, 0.25) is 0 Å². The van der Waals surface area contributed by atoms with Gasteiger partial charge >= 0.3 is 0 Å². The van der Waals surface area contributed by atoms with Gasteiger partial charge in [-0.15, -0.1) is 6.58 Å². The number of hydrogen-bond acceptors (Lipinski definition) is 2. The molecule has 1 unspecified atom stereocenters. The minimum Gasteiger partial charge on any atom is -0.386 e. The van der Waals surface area contributed by atoms with Crippen LogP contribution in [0.4, 0.5) is 0 Å². The molecule has 2 nitrogen and oxygen atoms in total. The van der Waals surface area contributed by atoms with E-state index >= 15 is 0 Å². The van der Waals surface area contributed by atoms with E-state index in [1.165, 1.54) is 11.1 Å². The van der Waals surface area contributed by atoms with Gasteiger partial charge in [0.2, 0.25) is 0 Å². The summed E-state index contributed by atoms with van der Waals surface area (Å²) in [7, 11) is 0. The van der Waals surface area contributed by atoms with Crippen molar-refractivity contribution in [1.29, 1.82) is 0 Å². The Labute approximate surface area is 137 Å². The summed E-state index contributed by atoms with van der Waals surface area (Å²) >= 11 is 0. The molecule has 0 aliphatic carbocycles. The standard InChI is InChI=1S/C20H34O2/c1-7-20(6,22)16-10-14-18(3)12-8-11-17(2)13-9-15-19(4,5)21/h7,9,11,14-15,21-22H,1,8,10,12-13,16H2,2-6H3. The Balaban J connectivity index is 4.09. The zero-order chi connectivity index (χ0) is 17.2. The number of aliphatic hydroxyl groups is 2. The second-order valence-electron chi connectivity index (χ2n) is 7.00. The molecule has 0 aliphatic heterocycles. The minimum absolute atomic E-state index is 0.713. The Bertz CT molecular complexity index is 417. The van der Waals surface area contributed by atoms with E-state index in [4.69, 9.17) is 0 Å². The Morgan fingerprint density at radius 2 is 1.59 bits per heavy atom. The van der Waals surface area contributed by atoms with Gasteiger partial charge in [0.05, 0.1) is 11.2 Å². The van der Waals surface area contributed by atoms with Crippen molar-refractivity contribution in [3.05, 3.63) is 48.1 Å². The molecule has 0 aromatic carbocycles. The first-order valence-corrected chi connectivity index (χ1v) is 8.13. The molecule has 0 aromatic heterocycles. The van der Waals surface area contributed by atoms with E-state index in [1.807, 2.05) is 12.2 Å². The molecule has 0 saturated heterocycles. The molecule has 126 valence electrons. The summed E-state index contributed by atoms with van der Waals surface area (Å²) in [5, 5.41) is 19.4. The predicted octanol–water partition coefficient (Wildman–Crippen LogP) is 5.09. The molecule has 0 bridgehead atoms. The molecule has 22 heavy (non-hydrogen) atoms. The average molecular weight is 306 g/mol. The van der Waals surface area contributed by atoms with Gasteiger partial charge in [0.25, 0.3) is 0 Å². The van der Waals surface area contributed by atoms with Gasteiger partial charge in [0.1, 0.15) is 0 Å². The lowest BCUT2D eigenvalue weighted by Gasteiger charge is -2.16. The van der Waals surface area contributed by atoms with E-state index < -0.39 is 11.2 Å². The normalized spacial score (nSPS) is 16.9. The molecule has 0 aliphatic rings. The topological polar surface area (TPSA) is 40.5 Å². The maximum atomic E-state index is 9.84. The first kappa shape index (κ1) is 20.9. The summed E-state index contributed by atoms with van der Waals surface area (Å²) in [5.74, 6) is 0. The Hall–Kier alpha value is -1.12. The van der Waals surface area contributed by atoms with Crippen LogP contribution in [0.5, 0.6) is 0 Å². The monoisotopic (exact) mass is 306 g/mol. The minimum atomic E-state index is -0.764. The zero-order valence-corrected chi connectivity index (χ0v) is 15.0. The van der Waals surface area contributed by atoms with Crippen molar-refractivity contribution in [2.75, 3.05) is 0 Å². The molecule has 0 radical (unpaired) electrons. The molecular weight excluding hydrogens is 272 g/mol. The summed E-state index contributed by atoms with van der Waals surface area (Å²) < 4.78 is 0. The van der Waals surface area contributed by atoms with Crippen molar-refractivity contribution in [2.24, 2.45) is 0 Å². The second kappa shape index (κ2) is 9.81. The fourth-order valence-corrected chi connectivity index (χ4v) is 1.98. The third-order valence-corrected chi connectivity index (χ3v) is 3.58. The predicted molar refractivity (Wildman–Crippen MR) is 96.9 cm³/mol. The van der Waals surface area contributed by atoms with E-state index in [2.05, 4.69) is 32.6 Å². The molecule has 0 aromatic rings. The summed E-state index contributed by atoms with van der Waals surface area (Å²) in [6, 6.07) is 0. The largest absolute Gasteiger partial charge is 0.386 e. The van der Waals surface area contributed by atoms with E-state index in [9.17, 15) is 10.2 Å². The Morgan fingerprint density at radius 1 is 1.00 bits per heavy atom. The number of rotatable bonds is 10. The van der Waals surface area contributed by atoms with Crippen LogP contribution in [0.25, 0.3) is 0 Å². The van der Waals surface area contributed by atoms with Crippen molar-refractivity contribution in [3.63, 3.8) is 0 Å². The van der Waals surface area contributed by atoms with E-state index in [-0.39, 0.29) is 0 Å². The Kier molecular flexibility index (Phi) is 9.31. The zero-order valence-electron chi connectivity index (χ0n) is 15.0. The van der Waals surface area contributed by atoms with Gasteiger partial charge in [-0.3, -0.25) is 0 Å². The van der Waals surface area contributed by atoms with Crippen LogP contribution in [-0.4, -0.2) is 21.4 Å². The highest BCUT2D eigenvalue weighted by Crippen LogP contribution is 2.16. The highest BCUT2D eigenvalue weighted by molar-refractivity contribution is 5.09. The number of hydrogen-bond donors (Lipinski definition) is 2. The van der Waals surface area contributed by atoms with Gasteiger partial charge in [-0.1, -0.05) is 41.5 Å². The van der Waals surface area contributed by atoms with Crippen molar-refractivity contribution in [3.8, 4) is 0 Å². The summed E-state index contributed by atoms with van der Waals surface area (Å²) in [6.07, 6.45) is 14.5. The average Bonchev–Trinajstić information content (AvgIpc) is 2.37. The molecule has 0 amide bonds. The maximum absolute atomic E-state index is 9.84. The summed E-state index contributed by atoms with van der Waals surface area (Å²) in [5.41, 5.74) is 1.19. The van der Waals surface area contributed by atoms with Gasteiger partial charge in [0.15, 0.2) is 0 Å². The number of allylic oxidation sites excluding steroid dienone is 5. The first-order chi connectivity index (χ1) is 10.1. The quantitative estimate of drug-likeness (QED) is 0.552. The van der Waals surface area contributed by atoms with Crippen molar-refractivity contribution < 1.29 is 10.2 Å². The lowest BCUT2D eigenvalue weighted by molar-refractivity contribution is 0.103. The van der Waals surface area contributed by atoms with Crippen molar-refractivity contribution in [2.45, 2.75) is 77.9 Å². The van der Waals surface area contributed by atoms with Crippen LogP contribution in [-0.2, 0) is 0 Å². The molecule has 0 rings (SSSR count). The highest BCUT2D eigenvalue weighted by atomic mass is 16.3. The van der Waals surface area contributed by atoms with E-state index in [0.717, 1.165) is 25.7 Å². The smallest absolute Gasteiger partial charge is 0.0800 e. The van der Waals surface area contributed by atoms with Gasteiger partial charge in [-0.25, -0.2) is 0 Å². The molecule has 0 heterocycles. The third-order valence-electron chi connectivity index (χ3n) is 3.58. The molecule has 2 N–H and O–H groups in total. The van der Waals surface area contributed by atoms with Gasteiger partial charge in [-0.05, 0) is 66.7 Å². The van der Waals surface area contributed by atoms with Gasteiger partial charge < -0.3 is 10.2 Å². The third kappa shape index (κ3) is 12.6. The molecule has 0 fully saturated rings. The van der Waals surface area contributed by atoms with Crippen LogP contribution in [0.1, 0.15) is 66.7 Å². The fourth-order valence-electron chi connectivity index (χ4n) is 1.98. The molecule has 0 saturated carbocycles. The van der Waals surface area contributed by atoms with Crippen molar-refractivity contribution in [1.82, 2.24) is 0 Å². The lowest BCUT2D eigenvalue weighted by Crippen LogP contribution is -2.19. The molecule has 2 heteroatoms. The van der Waals surface area contributed by atoms with Gasteiger partial charge in [-0.2, -0.15) is 0 Å². The van der Waals surface area contributed by atoms with Crippen LogP contribution >= 0.6 is 0 Å². The summed E-state index contributed by atoms with van der Waals surface area (Å²) in [6.45, 7) is 13.2. The molecule has 1 atom stereocenters. The molecular formula is C20H34O2. The second-order valence-corrected chi connectivity index (χ2v) is 7.00. The maximum Gasteiger partial charge on any atom is 0.0800 e. The van der Waals surface area contributed by atoms with Crippen LogP contribution in [0.3, 0.4) is 0 Å². The van der Waals surface area contributed by atoms with Crippen molar-refractivity contribution >= 4 is 0 Å². The van der Waals surface area contributed by atoms with Crippen LogP contribution < -0.4 is 0 Å². The first-order valence-electron chi connectivity index (χ1n) is 8.13. The van der Waals surface area contributed by atoms with Gasteiger partial charge in [0, 0.05) is 0 Å². The lowest BCUT2D eigenvalue weighted by atomic mass is 9.99. The van der Waals surface area contributed by atoms with E-state index in [1.54, 1.807) is 26.8 Å². The van der Waals surface area contributed by atoms with Crippen LogP contribution in [0, 0.1) is 0 Å². The fraction of sp³-hybridized carbons (Fsp3) is 0.600. The van der Waals surface area contributed by atoms with E-state index in [0.29, 0.717) is 6.42 Å². The Morgan fingerprint density at radius 3 is 2.14 bits per heavy atom. The molecule has 0 spiro atoms.